The SMILES string of the molecule is CC(C)=CC12CCC3C(C(C=C(CO)C(O)C1(O)OC(=O)c1cnnc4ccccc14)C2=O)C3(C)C. The van der Waals surface area contributed by atoms with Crippen LogP contribution in [0.5, 0.6) is 0 Å². The number of carbonyl (C=O) groups excluding carboxylic acids is 2. The number of aromatic nitrogens is 2. The van der Waals surface area contributed by atoms with Crippen molar-refractivity contribution in [1.29, 1.82) is 0 Å². The summed E-state index contributed by atoms with van der Waals surface area (Å²) in [6, 6.07) is 6.87. The van der Waals surface area contributed by atoms with Crippen molar-refractivity contribution in [2.75, 3.05) is 6.61 Å². The van der Waals surface area contributed by atoms with Crippen molar-refractivity contribution in [1.82, 2.24) is 10.2 Å². The number of benzene rings is 1. The summed E-state index contributed by atoms with van der Waals surface area (Å²) in [5.74, 6) is -4.28. The number of aliphatic hydroxyl groups is 3. The lowest BCUT2D eigenvalue weighted by Crippen LogP contribution is -2.62. The average molecular weight is 493 g/mol. The molecule has 2 bridgehead atoms. The fourth-order valence-corrected chi connectivity index (χ4v) is 6.76. The highest BCUT2D eigenvalue weighted by Gasteiger charge is 2.72. The number of nitrogens with zero attached hydrogens (tertiary/aromatic N) is 2. The zero-order valence-electron chi connectivity index (χ0n) is 20.9. The number of fused-ring (bicyclic) bond motifs is 5. The Balaban J connectivity index is 1.68. The van der Waals surface area contributed by atoms with Gasteiger partial charge in [0.25, 0.3) is 5.79 Å². The zero-order chi connectivity index (χ0) is 26.0. The molecule has 2 fully saturated rings. The molecule has 3 aliphatic rings. The number of Topliss-reactive ketones (excluding diaryl/α,β-unsaturated/α-hetero) is 1. The Morgan fingerprint density at radius 1 is 1.25 bits per heavy atom. The topological polar surface area (TPSA) is 130 Å². The quantitative estimate of drug-likeness (QED) is 0.337. The number of allylic oxidation sites excluding steroid dienone is 2. The van der Waals surface area contributed by atoms with Crippen molar-refractivity contribution in [3.8, 4) is 0 Å². The van der Waals surface area contributed by atoms with Crippen LogP contribution in [-0.4, -0.2) is 55.8 Å². The minimum atomic E-state index is -2.65. The van der Waals surface area contributed by atoms with Gasteiger partial charge in [-0.1, -0.05) is 49.8 Å². The van der Waals surface area contributed by atoms with E-state index in [0.29, 0.717) is 17.3 Å². The van der Waals surface area contributed by atoms with E-state index in [4.69, 9.17) is 4.74 Å². The first-order valence-corrected chi connectivity index (χ1v) is 12.3. The van der Waals surface area contributed by atoms with Crippen LogP contribution in [0.1, 0.15) is 50.9 Å². The molecular weight excluding hydrogens is 460 g/mol. The van der Waals surface area contributed by atoms with Crippen LogP contribution in [-0.2, 0) is 9.53 Å². The highest BCUT2D eigenvalue weighted by atomic mass is 16.7. The molecule has 8 nitrogen and oxygen atoms in total. The number of carbonyl (C=O) groups is 2. The molecule has 1 aromatic carbocycles. The van der Waals surface area contributed by atoms with Gasteiger partial charge in [-0.2, -0.15) is 10.2 Å². The summed E-state index contributed by atoms with van der Waals surface area (Å²) in [6.07, 6.45) is 3.47. The Morgan fingerprint density at radius 2 is 1.97 bits per heavy atom. The fraction of sp³-hybridized carbons (Fsp3) is 0.500. The van der Waals surface area contributed by atoms with Gasteiger partial charge in [0.2, 0.25) is 0 Å². The molecule has 1 aromatic heterocycles. The zero-order valence-corrected chi connectivity index (χ0v) is 20.9. The predicted molar refractivity (Wildman–Crippen MR) is 131 cm³/mol. The van der Waals surface area contributed by atoms with Crippen LogP contribution in [0, 0.1) is 28.6 Å². The van der Waals surface area contributed by atoms with E-state index in [9.17, 15) is 24.9 Å². The van der Waals surface area contributed by atoms with Gasteiger partial charge in [-0.05, 0) is 55.6 Å². The van der Waals surface area contributed by atoms with Crippen molar-refractivity contribution in [3.63, 3.8) is 0 Å². The van der Waals surface area contributed by atoms with E-state index in [0.717, 1.165) is 5.57 Å². The Hall–Kier alpha value is -2.94. The van der Waals surface area contributed by atoms with Crippen LogP contribution in [0.4, 0.5) is 0 Å². The second-order valence-corrected chi connectivity index (χ2v) is 11.2. The Morgan fingerprint density at radius 3 is 2.67 bits per heavy atom. The number of hydrogen-bond donors (Lipinski definition) is 3. The van der Waals surface area contributed by atoms with Crippen LogP contribution in [0.2, 0.25) is 0 Å². The van der Waals surface area contributed by atoms with E-state index in [1.165, 1.54) is 6.20 Å². The van der Waals surface area contributed by atoms with E-state index < -0.39 is 35.8 Å². The molecule has 0 aliphatic heterocycles. The maximum atomic E-state index is 14.3. The molecule has 6 atom stereocenters. The highest BCUT2D eigenvalue weighted by Crippen LogP contribution is 2.69. The third-order valence-electron chi connectivity index (χ3n) is 8.61. The van der Waals surface area contributed by atoms with E-state index in [1.54, 1.807) is 50.3 Å². The first-order chi connectivity index (χ1) is 17.0. The highest BCUT2D eigenvalue weighted by molar-refractivity contribution is 6.03. The average Bonchev–Trinajstić information content (AvgIpc) is 3.44. The van der Waals surface area contributed by atoms with Crippen LogP contribution in [0.25, 0.3) is 10.9 Å². The van der Waals surface area contributed by atoms with Gasteiger partial charge < -0.3 is 20.1 Å². The van der Waals surface area contributed by atoms with Crippen molar-refractivity contribution < 1.29 is 29.6 Å². The summed E-state index contributed by atoms with van der Waals surface area (Å²) in [5.41, 5.74) is -0.466. The van der Waals surface area contributed by atoms with Crippen molar-refractivity contribution in [2.45, 2.75) is 52.4 Å². The summed E-state index contributed by atoms with van der Waals surface area (Å²) >= 11 is 0. The number of rotatable bonds is 4. The second-order valence-electron chi connectivity index (χ2n) is 11.2. The fourth-order valence-electron chi connectivity index (χ4n) is 6.76. The molecule has 0 radical (unpaired) electrons. The minimum Gasteiger partial charge on any atom is -0.425 e. The third kappa shape index (κ3) is 3.38. The van der Waals surface area contributed by atoms with Gasteiger partial charge in [-0.3, -0.25) is 4.79 Å². The van der Waals surface area contributed by atoms with Crippen LogP contribution < -0.4 is 0 Å². The molecule has 8 heteroatoms. The molecule has 0 saturated heterocycles. The summed E-state index contributed by atoms with van der Waals surface area (Å²) in [7, 11) is 0. The van der Waals surface area contributed by atoms with Gasteiger partial charge in [-0.25, -0.2) is 4.79 Å². The summed E-state index contributed by atoms with van der Waals surface area (Å²) in [4.78, 5) is 27.9. The van der Waals surface area contributed by atoms with E-state index in [-0.39, 0.29) is 40.6 Å². The number of hydrogen-bond acceptors (Lipinski definition) is 8. The lowest BCUT2D eigenvalue weighted by molar-refractivity contribution is -0.264. The van der Waals surface area contributed by atoms with Crippen LogP contribution in [0.3, 0.4) is 0 Å². The first-order valence-electron chi connectivity index (χ1n) is 12.3. The van der Waals surface area contributed by atoms with E-state index in [2.05, 4.69) is 24.0 Å². The van der Waals surface area contributed by atoms with Gasteiger partial charge >= 0.3 is 5.97 Å². The number of aliphatic hydroxyl groups excluding tert-OH is 2. The summed E-state index contributed by atoms with van der Waals surface area (Å²) < 4.78 is 5.80. The molecule has 0 amide bonds. The van der Waals surface area contributed by atoms with Gasteiger partial charge in [0.15, 0.2) is 5.78 Å². The molecule has 36 heavy (non-hydrogen) atoms. The number of esters is 1. The van der Waals surface area contributed by atoms with E-state index in [1.807, 2.05) is 0 Å². The van der Waals surface area contributed by atoms with Crippen molar-refractivity contribution in [3.05, 3.63) is 59.3 Å². The molecule has 190 valence electrons. The minimum absolute atomic E-state index is 0.0116. The smallest absolute Gasteiger partial charge is 0.343 e. The standard InChI is InChI=1S/C28H32N2O6/c1-15(2)12-27-10-9-20-22(26(20,3)4)18(24(27)33)11-16(14-31)23(32)28(27,35)36-25(34)19-13-29-30-21-8-6-5-7-17(19)21/h5-8,11-13,18,20,22-23,31-32,35H,9-10,14H2,1-4H3. The summed E-state index contributed by atoms with van der Waals surface area (Å²) in [6.45, 7) is 7.24. The molecule has 5 rings (SSSR count). The lowest BCUT2D eigenvalue weighted by atomic mass is 9.66. The van der Waals surface area contributed by atoms with Gasteiger partial charge in [0.05, 0.1) is 23.9 Å². The largest absolute Gasteiger partial charge is 0.425 e. The molecule has 6 unspecified atom stereocenters. The number of ether oxygens (including phenoxy) is 1. The Kier molecular flexibility index (Phi) is 5.70. The van der Waals surface area contributed by atoms with Crippen LogP contribution >= 0.6 is 0 Å². The molecule has 3 aliphatic carbocycles. The maximum Gasteiger partial charge on any atom is 0.343 e. The van der Waals surface area contributed by atoms with Gasteiger partial charge in [-0.15, -0.1) is 0 Å². The molecule has 2 saturated carbocycles. The van der Waals surface area contributed by atoms with Gasteiger partial charge in [0.1, 0.15) is 11.5 Å². The van der Waals surface area contributed by atoms with Crippen LogP contribution in [0.15, 0.2) is 53.8 Å². The van der Waals surface area contributed by atoms with Crippen molar-refractivity contribution in [2.24, 2.45) is 28.6 Å². The Bertz CT molecular complexity index is 1310. The lowest BCUT2D eigenvalue weighted by Gasteiger charge is -2.45. The predicted octanol–water partition coefficient (Wildman–Crippen LogP) is 2.97. The monoisotopic (exact) mass is 492 g/mol. The summed E-state index contributed by atoms with van der Waals surface area (Å²) in [5, 5.41) is 42.2. The normalized spacial score (nSPS) is 34.6. The van der Waals surface area contributed by atoms with E-state index >= 15 is 0 Å². The maximum absolute atomic E-state index is 14.3. The van der Waals surface area contributed by atoms with Gasteiger partial charge in [0, 0.05) is 11.3 Å². The first kappa shape index (κ1) is 24.7. The molecule has 2 aromatic rings. The molecule has 3 N–H and O–H groups in total. The van der Waals surface area contributed by atoms with Crippen molar-refractivity contribution >= 4 is 22.7 Å². The second kappa shape index (κ2) is 8.30. The molecular formula is C28H32N2O6. The molecule has 0 spiro atoms. The number of ketones is 1. The third-order valence-corrected chi connectivity index (χ3v) is 8.61. The molecule has 1 heterocycles. The Labute approximate surface area is 209 Å².